The average molecular weight is 778 g/mol. The van der Waals surface area contributed by atoms with Crippen molar-refractivity contribution >= 4 is 83.1 Å². The Morgan fingerprint density at radius 2 is 0.550 bits per heavy atom. The van der Waals surface area contributed by atoms with Gasteiger partial charge in [0.1, 0.15) is 0 Å². The summed E-state index contributed by atoms with van der Waals surface area (Å²) in [5, 5.41) is 1.53. The molecule has 0 unspecified atom stereocenters. The highest BCUT2D eigenvalue weighted by Gasteiger charge is 2.24. The van der Waals surface area contributed by atoms with Gasteiger partial charge in [-0.15, -0.1) is 0 Å². The smallest absolute Gasteiger partial charge is 0.267 e. The number of hydrogen-bond donors (Lipinski definition) is 0. The molecule has 6 aromatic heterocycles. The van der Waals surface area contributed by atoms with Crippen LogP contribution in [0.25, 0.3) is 100 Å². The number of para-hydroxylation sites is 9. The van der Waals surface area contributed by atoms with E-state index in [1.54, 1.807) is 31.4 Å². The lowest BCUT2D eigenvalue weighted by Gasteiger charge is -2.16. The summed E-state index contributed by atoms with van der Waals surface area (Å²) in [6, 6.07) is 51.4. The third-order valence-electron chi connectivity index (χ3n) is 11.6. The summed E-state index contributed by atoms with van der Waals surface area (Å²) in [6.45, 7) is 0. The van der Waals surface area contributed by atoms with Crippen LogP contribution in [-0.2, 0) is 0 Å². The minimum Gasteiger partial charge on any atom is -0.278 e. The molecular weight excluding hydrogens is 751 g/mol. The molecule has 13 aromatic rings. The molecule has 282 valence electrons. The number of rotatable bonds is 3. The van der Waals surface area contributed by atoms with E-state index in [0.29, 0.717) is 83.7 Å². The Hall–Kier alpha value is -8.64. The van der Waals surface area contributed by atoms with E-state index in [4.69, 9.17) is 15.0 Å². The van der Waals surface area contributed by atoms with Gasteiger partial charge >= 0.3 is 0 Å². The van der Waals surface area contributed by atoms with Crippen molar-refractivity contribution < 1.29 is 0 Å². The molecule has 0 bridgehead atoms. The van der Waals surface area contributed by atoms with Gasteiger partial charge in [-0.05, 0) is 91.0 Å². The van der Waals surface area contributed by atoms with Crippen molar-refractivity contribution in [3.8, 4) is 17.1 Å². The monoisotopic (exact) mass is 777 g/mol. The van der Waals surface area contributed by atoms with E-state index < -0.39 is 0 Å². The van der Waals surface area contributed by atoms with Crippen molar-refractivity contribution in [2.45, 2.75) is 0 Å². The Morgan fingerprint density at radius 1 is 0.300 bits per heavy atom. The van der Waals surface area contributed by atoms with Crippen molar-refractivity contribution in [2.75, 3.05) is 0 Å². The summed E-state index contributed by atoms with van der Waals surface area (Å²) in [5.74, 6) is 1.27. The predicted octanol–water partition coefficient (Wildman–Crippen LogP) is 8.00. The zero-order valence-corrected chi connectivity index (χ0v) is 31.3. The van der Waals surface area contributed by atoms with Crippen molar-refractivity contribution in [3.05, 3.63) is 195 Å². The number of hydrogen-bond acceptors (Lipinski definition) is 6. The van der Waals surface area contributed by atoms with Gasteiger partial charge in [0.15, 0.2) is 0 Å². The topological polar surface area (TPSA) is 118 Å². The fourth-order valence-corrected chi connectivity index (χ4v) is 9.05. The molecule has 0 fully saturated rings. The highest BCUT2D eigenvalue weighted by Crippen LogP contribution is 2.34. The molecule has 13 rings (SSSR count). The maximum atomic E-state index is 14.3. The maximum Gasteiger partial charge on any atom is 0.267 e. The third kappa shape index (κ3) is 4.22. The molecular formula is C48H27N9O3. The summed E-state index contributed by atoms with van der Waals surface area (Å²) in [6.07, 6.45) is 0. The van der Waals surface area contributed by atoms with Gasteiger partial charge in [-0.3, -0.25) is 28.1 Å². The molecule has 0 N–H and O–H groups in total. The molecule has 0 radical (unpaired) electrons. The molecule has 12 nitrogen and oxygen atoms in total. The van der Waals surface area contributed by atoms with Crippen molar-refractivity contribution in [3.63, 3.8) is 0 Å². The molecule has 0 saturated carbocycles. The number of benzene rings is 7. The van der Waals surface area contributed by atoms with Crippen LogP contribution in [0.2, 0.25) is 0 Å². The fraction of sp³-hybridized carbons (Fsp3) is 0. The van der Waals surface area contributed by atoms with Gasteiger partial charge in [0.2, 0.25) is 17.3 Å². The Balaban J connectivity index is 1.23. The molecule has 0 aliphatic heterocycles. The summed E-state index contributed by atoms with van der Waals surface area (Å²) < 4.78 is 10.9. The standard InChI is InChI=1S/C48H27N9O3/c58-43-31-13-1-4-16-34(31)49-46-52(37-19-7-10-22-40(37)55(43)46)28-25-29(53-38-20-8-11-23-41(38)56-44(59)32-14-2-5-17-35(32)50-47(53)56)27-30(26-28)54-39-21-9-12-24-42(39)57-45(60)33-15-3-6-18-36(33)51-48(54)57/h1-27H. The number of aromatic nitrogens is 9. The van der Waals surface area contributed by atoms with E-state index in [1.165, 1.54) is 0 Å². The largest absolute Gasteiger partial charge is 0.278 e. The van der Waals surface area contributed by atoms with Crippen LogP contribution in [-0.4, -0.2) is 41.9 Å². The van der Waals surface area contributed by atoms with E-state index in [-0.39, 0.29) is 16.7 Å². The van der Waals surface area contributed by atoms with Gasteiger partial charge in [-0.25, -0.2) is 28.2 Å². The highest BCUT2D eigenvalue weighted by molar-refractivity contribution is 5.92. The molecule has 0 aliphatic carbocycles. The second kappa shape index (κ2) is 11.7. The SMILES string of the molecule is O=c1c2ccccc2nc2n(-c3cc(-n4c5ccccc5n5c(=O)c6ccccc6nc45)cc(-n4c5ccccc5n5c(=O)c6ccccc6nc45)c3)c3ccccc3n12. The van der Waals surface area contributed by atoms with Gasteiger partial charge in [0, 0.05) is 0 Å². The fourth-order valence-electron chi connectivity index (χ4n) is 9.05. The Kier molecular flexibility index (Phi) is 6.33. The van der Waals surface area contributed by atoms with Crippen molar-refractivity contribution in [1.82, 2.24) is 41.9 Å². The van der Waals surface area contributed by atoms with E-state index in [1.807, 2.05) is 159 Å². The molecule has 12 heteroatoms. The van der Waals surface area contributed by atoms with Crippen LogP contribution in [0.1, 0.15) is 0 Å². The van der Waals surface area contributed by atoms with Crippen LogP contribution in [0.4, 0.5) is 0 Å². The number of nitrogens with zero attached hydrogens (tertiary/aromatic N) is 9. The molecule has 6 heterocycles. The van der Waals surface area contributed by atoms with Gasteiger partial charge < -0.3 is 0 Å². The average Bonchev–Trinajstić information content (AvgIpc) is 3.92. The summed E-state index contributed by atoms with van der Waals surface area (Å²) in [5.41, 5.74) is 7.50. The van der Waals surface area contributed by atoms with Crippen LogP contribution in [0, 0.1) is 0 Å². The summed E-state index contributed by atoms with van der Waals surface area (Å²) in [4.78, 5) is 58.4. The second-order valence-corrected chi connectivity index (χ2v) is 14.9. The van der Waals surface area contributed by atoms with Gasteiger partial charge in [0.25, 0.3) is 16.7 Å². The highest BCUT2D eigenvalue weighted by atomic mass is 16.1. The van der Waals surface area contributed by atoms with Crippen LogP contribution in [0.5, 0.6) is 0 Å². The minimum absolute atomic E-state index is 0.183. The first-order chi connectivity index (χ1) is 29.5. The Bertz CT molecular complexity index is 3780. The van der Waals surface area contributed by atoms with Gasteiger partial charge in [-0.1, -0.05) is 72.8 Å². The Labute approximate surface area is 335 Å². The lowest BCUT2D eigenvalue weighted by molar-refractivity contribution is 1.01. The van der Waals surface area contributed by atoms with Crippen molar-refractivity contribution in [1.29, 1.82) is 0 Å². The van der Waals surface area contributed by atoms with E-state index in [0.717, 1.165) is 16.6 Å². The van der Waals surface area contributed by atoms with Crippen molar-refractivity contribution in [2.24, 2.45) is 0 Å². The molecule has 0 atom stereocenters. The summed E-state index contributed by atoms with van der Waals surface area (Å²) in [7, 11) is 0. The maximum absolute atomic E-state index is 14.3. The van der Waals surface area contributed by atoms with Crippen LogP contribution in [0.3, 0.4) is 0 Å². The summed E-state index contributed by atoms with van der Waals surface area (Å²) >= 11 is 0. The second-order valence-electron chi connectivity index (χ2n) is 14.9. The third-order valence-corrected chi connectivity index (χ3v) is 11.6. The lowest BCUT2D eigenvalue weighted by atomic mass is 10.2. The molecule has 7 aromatic carbocycles. The molecule has 60 heavy (non-hydrogen) atoms. The Morgan fingerprint density at radius 3 is 0.850 bits per heavy atom. The van der Waals surface area contributed by atoms with Gasteiger partial charge in [-0.2, -0.15) is 0 Å². The first kappa shape index (κ1) is 32.4. The lowest BCUT2D eigenvalue weighted by Crippen LogP contribution is -2.16. The van der Waals surface area contributed by atoms with E-state index >= 15 is 0 Å². The van der Waals surface area contributed by atoms with Crippen LogP contribution < -0.4 is 16.7 Å². The first-order valence-corrected chi connectivity index (χ1v) is 19.4. The quantitative estimate of drug-likeness (QED) is 0.180. The van der Waals surface area contributed by atoms with Crippen LogP contribution >= 0.6 is 0 Å². The number of imidazole rings is 3. The van der Waals surface area contributed by atoms with E-state index in [9.17, 15) is 14.4 Å². The van der Waals surface area contributed by atoms with Crippen LogP contribution in [0.15, 0.2) is 178 Å². The zero-order valence-electron chi connectivity index (χ0n) is 31.3. The first-order valence-electron chi connectivity index (χ1n) is 19.4. The number of fused-ring (bicyclic) bond motifs is 12. The minimum atomic E-state index is -0.183. The normalized spacial score (nSPS) is 12.2. The zero-order chi connectivity index (χ0) is 39.8. The molecule has 0 saturated heterocycles. The molecule has 0 spiro atoms. The molecule has 0 amide bonds. The molecule has 0 aliphatic rings. The van der Waals surface area contributed by atoms with E-state index in [2.05, 4.69) is 0 Å². The van der Waals surface area contributed by atoms with Gasteiger partial charge in [0.05, 0.1) is 82.9 Å². The predicted molar refractivity (Wildman–Crippen MR) is 235 cm³/mol.